The SMILES string of the molecule is CN(Cc1cccc(NC(=O)[C@@H]2CC[C@H](CN)O2)c1)Cc1cscn1. The topological polar surface area (TPSA) is 80.5 Å². The summed E-state index contributed by atoms with van der Waals surface area (Å²) in [6.07, 6.45) is 1.17. The molecule has 0 unspecified atom stereocenters. The minimum atomic E-state index is -0.399. The summed E-state index contributed by atoms with van der Waals surface area (Å²) in [6, 6.07) is 7.92. The smallest absolute Gasteiger partial charge is 0.253 e. The van der Waals surface area contributed by atoms with Gasteiger partial charge in [-0.1, -0.05) is 12.1 Å². The molecule has 1 amide bonds. The Bertz CT molecular complexity index is 692. The maximum atomic E-state index is 12.3. The lowest BCUT2D eigenvalue weighted by Crippen LogP contribution is -2.29. The third-order valence-electron chi connectivity index (χ3n) is 4.23. The van der Waals surface area contributed by atoms with Crippen LogP contribution in [0.15, 0.2) is 35.2 Å². The number of nitrogens with two attached hydrogens (primary N) is 1. The zero-order chi connectivity index (χ0) is 17.6. The van der Waals surface area contributed by atoms with Crippen molar-refractivity contribution in [3.05, 3.63) is 46.4 Å². The summed E-state index contributed by atoms with van der Waals surface area (Å²) in [5, 5.41) is 5.01. The van der Waals surface area contributed by atoms with Crippen LogP contribution in [0.2, 0.25) is 0 Å². The predicted octanol–water partition coefficient (Wildman–Crippen LogP) is 2.22. The third-order valence-corrected chi connectivity index (χ3v) is 4.86. The van der Waals surface area contributed by atoms with Crippen LogP contribution in [0.1, 0.15) is 24.1 Å². The highest BCUT2D eigenvalue weighted by atomic mass is 32.1. The summed E-state index contributed by atoms with van der Waals surface area (Å²) in [5.41, 5.74) is 10.5. The summed E-state index contributed by atoms with van der Waals surface area (Å²) < 4.78 is 5.65. The minimum absolute atomic E-state index is 0.00134. The molecule has 0 saturated carbocycles. The van der Waals surface area contributed by atoms with Gasteiger partial charge in [0.05, 0.1) is 17.3 Å². The van der Waals surface area contributed by atoms with Gasteiger partial charge in [0.1, 0.15) is 6.10 Å². The minimum Gasteiger partial charge on any atom is -0.364 e. The van der Waals surface area contributed by atoms with E-state index in [2.05, 4.69) is 33.7 Å². The van der Waals surface area contributed by atoms with E-state index in [0.29, 0.717) is 6.54 Å². The van der Waals surface area contributed by atoms with Crippen molar-refractivity contribution in [3.8, 4) is 0 Å². The second-order valence-electron chi connectivity index (χ2n) is 6.40. The highest BCUT2D eigenvalue weighted by molar-refractivity contribution is 7.07. The first kappa shape index (κ1) is 18.0. The molecule has 7 heteroatoms. The maximum Gasteiger partial charge on any atom is 0.253 e. The lowest BCUT2D eigenvalue weighted by Gasteiger charge is -2.17. The molecular formula is C18H24N4O2S. The van der Waals surface area contributed by atoms with E-state index in [9.17, 15) is 4.79 Å². The Morgan fingerprint density at radius 2 is 2.32 bits per heavy atom. The van der Waals surface area contributed by atoms with Crippen LogP contribution in [-0.4, -0.2) is 41.6 Å². The van der Waals surface area contributed by atoms with Crippen LogP contribution in [0, 0.1) is 0 Å². The zero-order valence-electron chi connectivity index (χ0n) is 14.4. The summed E-state index contributed by atoms with van der Waals surface area (Å²) in [4.78, 5) is 18.8. The van der Waals surface area contributed by atoms with Gasteiger partial charge in [-0.05, 0) is 37.6 Å². The molecule has 134 valence electrons. The number of amides is 1. The number of ether oxygens (including phenoxy) is 1. The average Bonchev–Trinajstić information content (AvgIpc) is 3.26. The normalized spacial score (nSPS) is 20.1. The molecule has 1 aliphatic rings. The van der Waals surface area contributed by atoms with Crippen molar-refractivity contribution >= 4 is 22.9 Å². The molecule has 1 aromatic heterocycles. The number of nitrogens with zero attached hydrogens (tertiary/aromatic N) is 2. The molecule has 1 fully saturated rings. The Kier molecular flexibility index (Phi) is 6.14. The summed E-state index contributed by atoms with van der Waals surface area (Å²) >= 11 is 1.61. The quantitative estimate of drug-likeness (QED) is 0.791. The highest BCUT2D eigenvalue weighted by Gasteiger charge is 2.29. The molecule has 0 radical (unpaired) electrons. The number of aromatic nitrogens is 1. The lowest BCUT2D eigenvalue weighted by atomic mass is 10.1. The third kappa shape index (κ3) is 5.09. The molecule has 0 spiro atoms. The van der Waals surface area contributed by atoms with Crippen LogP contribution in [0.4, 0.5) is 5.69 Å². The van der Waals surface area contributed by atoms with E-state index in [1.54, 1.807) is 11.3 Å². The molecule has 1 saturated heterocycles. The number of nitrogens with one attached hydrogen (secondary N) is 1. The Balaban J connectivity index is 1.55. The lowest BCUT2D eigenvalue weighted by molar-refractivity contribution is -0.126. The van der Waals surface area contributed by atoms with Crippen LogP contribution >= 0.6 is 11.3 Å². The van der Waals surface area contributed by atoms with Crippen LogP contribution in [0.25, 0.3) is 0 Å². The number of anilines is 1. The molecule has 0 aliphatic carbocycles. The fourth-order valence-electron chi connectivity index (χ4n) is 3.00. The van der Waals surface area contributed by atoms with E-state index in [1.165, 1.54) is 0 Å². The second-order valence-corrected chi connectivity index (χ2v) is 7.12. The summed E-state index contributed by atoms with van der Waals surface area (Å²) in [7, 11) is 2.06. The molecule has 2 aromatic rings. The van der Waals surface area contributed by atoms with Crippen molar-refractivity contribution < 1.29 is 9.53 Å². The van der Waals surface area contributed by atoms with Crippen molar-refractivity contribution in [2.24, 2.45) is 5.73 Å². The van der Waals surface area contributed by atoms with E-state index >= 15 is 0 Å². The van der Waals surface area contributed by atoms with Crippen LogP contribution in [0.3, 0.4) is 0 Å². The fourth-order valence-corrected chi connectivity index (χ4v) is 3.55. The molecule has 25 heavy (non-hydrogen) atoms. The molecule has 2 atom stereocenters. The van der Waals surface area contributed by atoms with Crippen LogP contribution < -0.4 is 11.1 Å². The number of benzene rings is 1. The first-order chi connectivity index (χ1) is 12.1. The number of thiazole rings is 1. The number of rotatable bonds is 7. The molecule has 3 N–H and O–H groups in total. The Morgan fingerprint density at radius 1 is 1.44 bits per heavy atom. The highest BCUT2D eigenvalue weighted by Crippen LogP contribution is 2.21. The van der Waals surface area contributed by atoms with E-state index in [0.717, 1.165) is 42.9 Å². The van der Waals surface area contributed by atoms with Gasteiger partial charge in [-0.15, -0.1) is 11.3 Å². The monoisotopic (exact) mass is 360 g/mol. The van der Waals surface area contributed by atoms with Crippen molar-refractivity contribution in [1.29, 1.82) is 0 Å². The Morgan fingerprint density at radius 3 is 3.04 bits per heavy atom. The van der Waals surface area contributed by atoms with E-state index in [4.69, 9.17) is 10.5 Å². The van der Waals surface area contributed by atoms with Crippen molar-refractivity contribution in [2.45, 2.75) is 38.1 Å². The first-order valence-corrected chi connectivity index (χ1v) is 9.39. The van der Waals surface area contributed by atoms with Gasteiger partial charge in [-0.2, -0.15) is 0 Å². The van der Waals surface area contributed by atoms with Gasteiger partial charge < -0.3 is 15.8 Å². The molecule has 3 rings (SSSR count). The van der Waals surface area contributed by atoms with Gasteiger partial charge in [-0.25, -0.2) is 4.98 Å². The Labute approximate surface area is 152 Å². The summed E-state index contributed by atoms with van der Waals surface area (Å²) in [6.45, 7) is 2.05. The van der Waals surface area contributed by atoms with Crippen molar-refractivity contribution in [1.82, 2.24) is 9.88 Å². The van der Waals surface area contributed by atoms with E-state index in [-0.39, 0.29) is 12.0 Å². The number of carbonyl (C=O) groups is 1. The number of hydrogen-bond acceptors (Lipinski definition) is 6. The van der Waals surface area contributed by atoms with E-state index < -0.39 is 6.10 Å². The van der Waals surface area contributed by atoms with Crippen LogP contribution in [-0.2, 0) is 22.6 Å². The second kappa shape index (κ2) is 8.53. The molecular weight excluding hydrogens is 336 g/mol. The van der Waals surface area contributed by atoms with Gasteiger partial charge >= 0.3 is 0 Å². The first-order valence-electron chi connectivity index (χ1n) is 8.45. The molecule has 0 bridgehead atoms. The molecule has 6 nitrogen and oxygen atoms in total. The Hall–Kier alpha value is -1.80. The number of hydrogen-bond donors (Lipinski definition) is 2. The summed E-state index contributed by atoms with van der Waals surface area (Å²) in [5.74, 6) is -0.0936. The molecule has 1 aromatic carbocycles. The predicted molar refractivity (Wildman–Crippen MR) is 99.3 cm³/mol. The van der Waals surface area contributed by atoms with Gasteiger partial charge in [0, 0.05) is 30.7 Å². The average molecular weight is 360 g/mol. The maximum absolute atomic E-state index is 12.3. The largest absolute Gasteiger partial charge is 0.364 e. The zero-order valence-corrected chi connectivity index (χ0v) is 15.2. The van der Waals surface area contributed by atoms with Crippen molar-refractivity contribution in [3.63, 3.8) is 0 Å². The van der Waals surface area contributed by atoms with Gasteiger partial charge in [0.25, 0.3) is 5.91 Å². The standard InChI is InChI=1S/C18H24N4O2S/c1-22(10-15-11-25-12-20-15)9-13-3-2-4-14(7-13)21-18(23)17-6-5-16(8-19)24-17/h2-4,7,11-12,16-17H,5-6,8-10,19H2,1H3,(H,21,23)/t16-,17+/m1/s1. The van der Waals surface area contributed by atoms with E-state index in [1.807, 2.05) is 23.7 Å². The van der Waals surface area contributed by atoms with Crippen LogP contribution in [0.5, 0.6) is 0 Å². The van der Waals surface area contributed by atoms with Gasteiger partial charge in [0.2, 0.25) is 0 Å². The molecule has 1 aliphatic heterocycles. The van der Waals surface area contributed by atoms with Gasteiger partial charge in [-0.3, -0.25) is 9.69 Å². The fraction of sp³-hybridized carbons (Fsp3) is 0.444. The number of carbonyl (C=O) groups excluding carboxylic acids is 1. The van der Waals surface area contributed by atoms with Crippen molar-refractivity contribution in [2.75, 3.05) is 18.9 Å². The molecule has 2 heterocycles. The van der Waals surface area contributed by atoms with Gasteiger partial charge in [0.15, 0.2) is 0 Å².